The van der Waals surface area contributed by atoms with Crippen molar-refractivity contribution in [1.29, 1.82) is 0 Å². The Kier molecular flexibility index (Phi) is 6.62. The first-order chi connectivity index (χ1) is 13.4. The van der Waals surface area contributed by atoms with Crippen LogP contribution in [-0.2, 0) is 4.79 Å². The molecular weight excluding hydrogens is 465 g/mol. The summed E-state index contributed by atoms with van der Waals surface area (Å²) in [5.41, 5.74) is 7.22. The van der Waals surface area contributed by atoms with Crippen LogP contribution in [0.2, 0.25) is 10.0 Å². The van der Waals surface area contributed by atoms with Crippen LogP contribution in [-0.4, -0.2) is 5.97 Å². The van der Waals surface area contributed by atoms with Gasteiger partial charge in [0.25, 0.3) is 0 Å². The zero-order valence-electron chi connectivity index (χ0n) is 14.4. The molecule has 0 bridgehead atoms. The lowest BCUT2D eigenvalue weighted by molar-refractivity contribution is -0.128. The van der Waals surface area contributed by atoms with E-state index in [9.17, 15) is 4.79 Å². The predicted octanol–water partition coefficient (Wildman–Crippen LogP) is 6.75. The zero-order chi connectivity index (χ0) is 20.1. The van der Waals surface area contributed by atoms with E-state index in [4.69, 9.17) is 38.4 Å². The molecule has 28 heavy (non-hydrogen) atoms. The van der Waals surface area contributed by atoms with E-state index in [-0.39, 0.29) is 21.5 Å². The van der Waals surface area contributed by atoms with Crippen LogP contribution in [0, 0.1) is 0 Å². The van der Waals surface area contributed by atoms with Crippen molar-refractivity contribution < 1.29 is 14.3 Å². The number of halogens is 3. The number of carbonyl (C=O) groups is 1. The van der Waals surface area contributed by atoms with Crippen molar-refractivity contribution in [3.05, 3.63) is 86.8 Å². The van der Waals surface area contributed by atoms with E-state index in [1.165, 1.54) is 18.2 Å². The van der Waals surface area contributed by atoms with Crippen molar-refractivity contribution in [2.75, 3.05) is 5.73 Å². The number of carbonyl (C=O) groups excluding carboxylic acids is 1. The SMILES string of the molecule is Nc1ccc(Oc2c(Cl)cc(OC(=O)/C=C/c3ccccc3)cc2Cl)cc1Br. The van der Waals surface area contributed by atoms with Gasteiger partial charge in [-0.3, -0.25) is 0 Å². The summed E-state index contributed by atoms with van der Waals surface area (Å²) in [6.07, 6.45) is 2.98. The molecule has 0 aliphatic heterocycles. The molecule has 3 aromatic rings. The second-order valence-corrected chi connectivity index (χ2v) is 7.34. The fraction of sp³-hybridized carbons (Fsp3) is 0. The monoisotopic (exact) mass is 477 g/mol. The zero-order valence-corrected chi connectivity index (χ0v) is 17.5. The first-order valence-corrected chi connectivity index (χ1v) is 9.64. The Balaban J connectivity index is 1.73. The Labute approximate surface area is 180 Å². The number of nitrogen functional groups attached to an aromatic ring is 1. The van der Waals surface area contributed by atoms with Crippen molar-refractivity contribution in [2.24, 2.45) is 0 Å². The summed E-state index contributed by atoms with van der Waals surface area (Å²) in [7, 11) is 0. The van der Waals surface area contributed by atoms with Gasteiger partial charge in [0.15, 0.2) is 5.75 Å². The minimum atomic E-state index is -0.549. The molecule has 0 aromatic heterocycles. The van der Waals surface area contributed by atoms with Gasteiger partial charge in [-0.2, -0.15) is 0 Å². The molecule has 0 radical (unpaired) electrons. The van der Waals surface area contributed by atoms with Gasteiger partial charge in [0.2, 0.25) is 0 Å². The number of benzene rings is 3. The van der Waals surface area contributed by atoms with Gasteiger partial charge in [0.05, 0.1) is 10.0 Å². The van der Waals surface area contributed by atoms with Crippen molar-refractivity contribution >= 4 is 56.9 Å². The quantitative estimate of drug-likeness (QED) is 0.190. The van der Waals surface area contributed by atoms with Gasteiger partial charge in [-0.1, -0.05) is 53.5 Å². The Hall–Kier alpha value is -2.47. The second kappa shape index (κ2) is 9.15. The molecule has 0 heterocycles. The Bertz CT molecular complexity index is 1020. The highest BCUT2D eigenvalue weighted by molar-refractivity contribution is 9.10. The fourth-order valence-electron chi connectivity index (χ4n) is 2.26. The van der Waals surface area contributed by atoms with E-state index >= 15 is 0 Å². The molecule has 0 saturated carbocycles. The number of hydrogen-bond donors (Lipinski definition) is 1. The Morgan fingerprint density at radius 2 is 1.64 bits per heavy atom. The first-order valence-electron chi connectivity index (χ1n) is 8.09. The van der Waals surface area contributed by atoms with E-state index < -0.39 is 5.97 Å². The van der Waals surface area contributed by atoms with Crippen molar-refractivity contribution in [2.45, 2.75) is 0 Å². The van der Waals surface area contributed by atoms with Crippen molar-refractivity contribution in [3.63, 3.8) is 0 Å². The summed E-state index contributed by atoms with van der Waals surface area (Å²) in [6, 6.07) is 17.4. The van der Waals surface area contributed by atoms with Gasteiger partial charge in [-0.15, -0.1) is 0 Å². The normalized spacial score (nSPS) is 10.8. The molecular formula is C21H14BrCl2NO3. The smallest absolute Gasteiger partial charge is 0.336 e. The van der Waals surface area contributed by atoms with E-state index in [1.807, 2.05) is 30.3 Å². The standard InChI is InChI=1S/C21H14BrCl2NO3/c22-16-10-14(7-8-19(16)25)28-21-17(23)11-15(12-18(21)24)27-20(26)9-6-13-4-2-1-3-5-13/h1-12H,25H2/b9-6+. The molecule has 7 heteroatoms. The summed E-state index contributed by atoms with van der Waals surface area (Å²) in [5, 5.41) is 0.408. The minimum Gasteiger partial charge on any atom is -0.454 e. The van der Waals surface area contributed by atoms with Crippen molar-refractivity contribution in [1.82, 2.24) is 0 Å². The number of nitrogens with two attached hydrogens (primary N) is 1. The van der Waals surface area contributed by atoms with Crippen LogP contribution < -0.4 is 15.2 Å². The maximum absolute atomic E-state index is 12.0. The Morgan fingerprint density at radius 1 is 0.964 bits per heavy atom. The number of esters is 1. The van der Waals surface area contributed by atoms with E-state index in [1.54, 1.807) is 24.3 Å². The number of hydrogen-bond acceptors (Lipinski definition) is 4. The molecule has 3 aromatic carbocycles. The van der Waals surface area contributed by atoms with E-state index in [0.717, 1.165) is 5.56 Å². The van der Waals surface area contributed by atoms with Crippen LogP contribution in [0.25, 0.3) is 6.08 Å². The van der Waals surface area contributed by atoms with Crippen LogP contribution in [0.5, 0.6) is 17.2 Å². The van der Waals surface area contributed by atoms with Crippen LogP contribution in [0.1, 0.15) is 5.56 Å². The summed E-state index contributed by atoms with van der Waals surface area (Å²) in [6.45, 7) is 0. The Morgan fingerprint density at radius 3 is 2.29 bits per heavy atom. The molecule has 4 nitrogen and oxygen atoms in total. The predicted molar refractivity (Wildman–Crippen MR) is 116 cm³/mol. The van der Waals surface area contributed by atoms with Crippen LogP contribution >= 0.6 is 39.1 Å². The van der Waals surface area contributed by atoms with Crippen LogP contribution in [0.4, 0.5) is 5.69 Å². The third-order valence-corrected chi connectivity index (χ3v) is 4.84. The molecule has 0 unspecified atom stereocenters. The molecule has 142 valence electrons. The number of anilines is 1. The maximum atomic E-state index is 12.0. The molecule has 0 amide bonds. The number of ether oxygens (including phenoxy) is 2. The highest BCUT2D eigenvalue weighted by Crippen LogP contribution is 2.40. The second-order valence-electron chi connectivity index (χ2n) is 5.67. The fourth-order valence-corrected chi connectivity index (χ4v) is 3.16. The molecule has 0 aliphatic carbocycles. The molecule has 0 saturated heterocycles. The average molecular weight is 479 g/mol. The maximum Gasteiger partial charge on any atom is 0.336 e. The van der Waals surface area contributed by atoms with Gasteiger partial charge >= 0.3 is 5.97 Å². The summed E-state index contributed by atoms with van der Waals surface area (Å²) in [5.74, 6) is 0.413. The highest BCUT2D eigenvalue weighted by Gasteiger charge is 2.13. The third-order valence-electron chi connectivity index (χ3n) is 3.59. The van der Waals surface area contributed by atoms with Gasteiger partial charge in [-0.25, -0.2) is 4.79 Å². The van der Waals surface area contributed by atoms with Gasteiger partial charge < -0.3 is 15.2 Å². The lowest BCUT2D eigenvalue weighted by Crippen LogP contribution is -2.04. The van der Waals surface area contributed by atoms with Gasteiger partial charge in [-0.05, 0) is 45.8 Å². The van der Waals surface area contributed by atoms with E-state index in [2.05, 4.69) is 15.9 Å². The third kappa shape index (κ3) is 5.29. The summed E-state index contributed by atoms with van der Waals surface area (Å²) >= 11 is 15.8. The molecule has 0 fully saturated rings. The van der Waals surface area contributed by atoms with Crippen LogP contribution in [0.3, 0.4) is 0 Å². The van der Waals surface area contributed by atoms with Crippen LogP contribution in [0.15, 0.2) is 71.2 Å². The van der Waals surface area contributed by atoms with Gasteiger partial charge in [0, 0.05) is 28.4 Å². The van der Waals surface area contributed by atoms with Gasteiger partial charge in [0.1, 0.15) is 11.5 Å². The topological polar surface area (TPSA) is 61.6 Å². The summed E-state index contributed by atoms with van der Waals surface area (Å²) < 4.78 is 11.7. The lowest BCUT2D eigenvalue weighted by atomic mass is 10.2. The van der Waals surface area contributed by atoms with E-state index in [0.29, 0.717) is 15.9 Å². The molecule has 0 spiro atoms. The molecule has 0 atom stereocenters. The molecule has 2 N–H and O–H groups in total. The largest absolute Gasteiger partial charge is 0.454 e. The minimum absolute atomic E-state index is 0.204. The lowest BCUT2D eigenvalue weighted by Gasteiger charge is -2.12. The number of rotatable bonds is 5. The molecule has 3 rings (SSSR count). The van der Waals surface area contributed by atoms with Crippen molar-refractivity contribution in [3.8, 4) is 17.2 Å². The summed E-state index contributed by atoms with van der Waals surface area (Å²) in [4.78, 5) is 12.0. The first kappa shape index (κ1) is 20.3. The highest BCUT2D eigenvalue weighted by atomic mass is 79.9. The average Bonchev–Trinajstić information content (AvgIpc) is 2.67. The molecule has 0 aliphatic rings.